The number of nitrogens with two attached hydrogens (primary N) is 1. The standard InChI is InChI=1S/C13H26N2O2/c1-4-9(2)12(13(16)17-3)15-11-7-5-6-10(14)8-11/h9-12,15H,4-8,14H2,1-3H3. The number of nitrogens with one attached hydrogen (secondary N) is 1. The lowest BCUT2D eigenvalue weighted by atomic mass is 9.89. The van der Waals surface area contributed by atoms with Gasteiger partial charge in [0.1, 0.15) is 6.04 Å². The molecular formula is C13H26N2O2. The lowest BCUT2D eigenvalue weighted by Gasteiger charge is -2.32. The zero-order valence-corrected chi connectivity index (χ0v) is 11.2. The molecule has 1 saturated carbocycles. The zero-order chi connectivity index (χ0) is 12.8. The first-order chi connectivity index (χ1) is 8.08. The van der Waals surface area contributed by atoms with E-state index in [0.29, 0.717) is 12.0 Å². The van der Waals surface area contributed by atoms with Crippen molar-refractivity contribution in [3.05, 3.63) is 0 Å². The Bertz CT molecular complexity index is 246. The van der Waals surface area contributed by atoms with E-state index in [-0.39, 0.29) is 18.1 Å². The normalized spacial score (nSPS) is 28.5. The molecule has 0 aromatic carbocycles. The van der Waals surface area contributed by atoms with Gasteiger partial charge in [0, 0.05) is 12.1 Å². The monoisotopic (exact) mass is 242 g/mol. The van der Waals surface area contributed by atoms with Gasteiger partial charge in [0.15, 0.2) is 0 Å². The first-order valence-corrected chi connectivity index (χ1v) is 6.67. The molecule has 0 aliphatic heterocycles. The summed E-state index contributed by atoms with van der Waals surface area (Å²) < 4.78 is 4.87. The summed E-state index contributed by atoms with van der Waals surface area (Å²) in [4.78, 5) is 11.8. The molecule has 100 valence electrons. The average Bonchev–Trinajstić information content (AvgIpc) is 2.34. The SMILES string of the molecule is CCC(C)C(NC1CCCC(N)C1)C(=O)OC. The van der Waals surface area contributed by atoms with E-state index >= 15 is 0 Å². The molecule has 0 heterocycles. The molecule has 0 spiro atoms. The fourth-order valence-corrected chi connectivity index (χ4v) is 2.46. The molecular weight excluding hydrogens is 216 g/mol. The zero-order valence-electron chi connectivity index (χ0n) is 11.2. The van der Waals surface area contributed by atoms with Crippen LogP contribution in [-0.2, 0) is 9.53 Å². The van der Waals surface area contributed by atoms with Crippen molar-refractivity contribution in [3.8, 4) is 0 Å². The quantitative estimate of drug-likeness (QED) is 0.716. The predicted octanol–water partition coefficient (Wildman–Crippen LogP) is 1.43. The Morgan fingerprint density at radius 3 is 2.76 bits per heavy atom. The maximum absolute atomic E-state index is 11.8. The first-order valence-electron chi connectivity index (χ1n) is 6.67. The molecule has 1 fully saturated rings. The Kier molecular flexibility index (Phi) is 5.92. The smallest absolute Gasteiger partial charge is 0.323 e. The molecule has 0 bridgehead atoms. The van der Waals surface area contributed by atoms with E-state index in [1.165, 1.54) is 7.11 Å². The molecule has 0 amide bonds. The van der Waals surface area contributed by atoms with Crippen LogP contribution >= 0.6 is 0 Å². The molecule has 4 unspecified atom stereocenters. The summed E-state index contributed by atoms with van der Waals surface area (Å²) in [7, 11) is 1.45. The van der Waals surface area contributed by atoms with E-state index < -0.39 is 0 Å². The fourth-order valence-electron chi connectivity index (χ4n) is 2.46. The van der Waals surface area contributed by atoms with E-state index in [9.17, 15) is 4.79 Å². The Hall–Kier alpha value is -0.610. The minimum Gasteiger partial charge on any atom is -0.468 e. The van der Waals surface area contributed by atoms with Gasteiger partial charge >= 0.3 is 5.97 Å². The van der Waals surface area contributed by atoms with Crippen molar-refractivity contribution in [2.24, 2.45) is 11.7 Å². The second-order valence-corrected chi connectivity index (χ2v) is 5.18. The molecule has 3 N–H and O–H groups in total. The number of methoxy groups -OCH3 is 1. The van der Waals surface area contributed by atoms with Gasteiger partial charge in [-0.1, -0.05) is 26.7 Å². The van der Waals surface area contributed by atoms with Crippen LogP contribution in [0, 0.1) is 5.92 Å². The molecule has 0 saturated heterocycles. The van der Waals surface area contributed by atoms with Crippen molar-refractivity contribution in [2.75, 3.05) is 7.11 Å². The summed E-state index contributed by atoms with van der Waals surface area (Å²) in [5.74, 6) is 0.138. The first kappa shape index (κ1) is 14.5. The molecule has 0 aromatic rings. The van der Waals surface area contributed by atoms with Crippen LogP contribution in [0.5, 0.6) is 0 Å². The van der Waals surface area contributed by atoms with Gasteiger partial charge in [-0.2, -0.15) is 0 Å². The third-order valence-electron chi connectivity index (χ3n) is 3.80. The van der Waals surface area contributed by atoms with Crippen molar-refractivity contribution in [1.29, 1.82) is 0 Å². The highest BCUT2D eigenvalue weighted by Crippen LogP contribution is 2.19. The van der Waals surface area contributed by atoms with Crippen LogP contribution in [0.3, 0.4) is 0 Å². The number of hydrogen-bond donors (Lipinski definition) is 2. The van der Waals surface area contributed by atoms with Gasteiger partial charge in [-0.05, 0) is 25.2 Å². The summed E-state index contributed by atoms with van der Waals surface area (Å²) in [6, 6.07) is 0.439. The van der Waals surface area contributed by atoms with Crippen LogP contribution in [0.4, 0.5) is 0 Å². The highest BCUT2D eigenvalue weighted by molar-refractivity contribution is 5.76. The topological polar surface area (TPSA) is 64.3 Å². The van der Waals surface area contributed by atoms with Gasteiger partial charge in [-0.3, -0.25) is 4.79 Å². The predicted molar refractivity (Wildman–Crippen MR) is 68.6 cm³/mol. The molecule has 1 aliphatic carbocycles. The molecule has 4 nitrogen and oxygen atoms in total. The Morgan fingerprint density at radius 1 is 1.53 bits per heavy atom. The largest absolute Gasteiger partial charge is 0.468 e. The van der Waals surface area contributed by atoms with Crippen molar-refractivity contribution >= 4 is 5.97 Å². The van der Waals surface area contributed by atoms with E-state index in [1.54, 1.807) is 0 Å². The summed E-state index contributed by atoms with van der Waals surface area (Å²) >= 11 is 0. The third-order valence-corrected chi connectivity index (χ3v) is 3.80. The highest BCUT2D eigenvalue weighted by Gasteiger charge is 2.29. The van der Waals surface area contributed by atoms with Crippen LogP contribution in [0.1, 0.15) is 46.0 Å². The second kappa shape index (κ2) is 6.97. The van der Waals surface area contributed by atoms with Crippen molar-refractivity contribution in [2.45, 2.75) is 64.1 Å². The maximum atomic E-state index is 11.8. The van der Waals surface area contributed by atoms with Crippen molar-refractivity contribution < 1.29 is 9.53 Å². The maximum Gasteiger partial charge on any atom is 0.323 e. The Labute approximate surface area is 104 Å². The fraction of sp³-hybridized carbons (Fsp3) is 0.923. The molecule has 4 atom stereocenters. The summed E-state index contributed by atoms with van der Waals surface area (Å²) in [6.45, 7) is 4.17. The molecule has 0 radical (unpaired) electrons. The van der Waals surface area contributed by atoms with Gasteiger partial charge in [-0.25, -0.2) is 0 Å². The van der Waals surface area contributed by atoms with Gasteiger partial charge in [0.25, 0.3) is 0 Å². The van der Waals surface area contributed by atoms with E-state index in [2.05, 4.69) is 19.2 Å². The van der Waals surface area contributed by atoms with Crippen molar-refractivity contribution in [3.63, 3.8) is 0 Å². The van der Waals surface area contributed by atoms with Crippen LogP contribution in [0.25, 0.3) is 0 Å². The average molecular weight is 242 g/mol. The summed E-state index contributed by atoms with van der Waals surface area (Å²) in [6.07, 6.45) is 5.28. The van der Waals surface area contributed by atoms with E-state index in [0.717, 1.165) is 32.1 Å². The minimum atomic E-state index is -0.194. The van der Waals surface area contributed by atoms with E-state index in [4.69, 9.17) is 10.5 Å². The molecule has 0 aromatic heterocycles. The Morgan fingerprint density at radius 2 is 2.24 bits per heavy atom. The van der Waals surface area contributed by atoms with Crippen LogP contribution in [0.2, 0.25) is 0 Å². The van der Waals surface area contributed by atoms with E-state index in [1.807, 2.05) is 0 Å². The number of carbonyl (C=O) groups is 1. The third kappa shape index (κ3) is 4.28. The van der Waals surface area contributed by atoms with Gasteiger partial charge < -0.3 is 15.8 Å². The van der Waals surface area contributed by atoms with Crippen LogP contribution < -0.4 is 11.1 Å². The molecule has 4 heteroatoms. The van der Waals surface area contributed by atoms with Gasteiger partial charge in [0.05, 0.1) is 7.11 Å². The minimum absolute atomic E-state index is 0.154. The number of hydrogen-bond acceptors (Lipinski definition) is 4. The lowest BCUT2D eigenvalue weighted by Crippen LogP contribution is -2.50. The number of ether oxygens (including phenoxy) is 1. The van der Waals surface area contributed by atoms with Crippen molar-refractivity contribution in [1.82, 2.24) is 5.32 Å². The highest BCUT2D eigenvalue weighted by atomic mass is 16.5. The summed E-state index contributed by atoms with van der Waals surface area (Å²) in [5.41, 5.74) is 5.96. The second-order valence-electron chi connectivity index (χ2n) is 5.18. The summed E-state index contributed by atoms with van der Waals surface area (Å²) in [5, 5.41) is 3.43. The van der Waals surface area contributed by atoms with Crippen LogP contribution in [0.15, 0.2) is 0 Å². The lowest BCUT2D eigenvalue weighted by molar-refractivity contribution is -0.144. The molecule has 1 aliphatic rings. The van der Waals surface area contributed by atoms with Crippen LogP contribution in [-0.4, -0.2) is 31.2 Å². The molecule has 17 heavy (non-hydrogen) atoms. The number of esters is 1. The van der Waals surface area contributed by atoms with Gasteiger partial charge in [0.2, 0.25) is 0 Å². The number of rotatable bonds is 5. The molecule has 1 rings (SSSR count). The van der Waals surface area contributed by atoms with Gasteiger partial charge in [-0.15, -0.1) is 0 Å². The Balaban J connectivity index is 2.55. The number of carbonyl (C=O) groups excluding carboxylic acids is 1.